The van der Waals surface area contributed by atoms with Gasteiger partial charge in [0.2, 0.25) is 5.91 Å². The number of Topliss-reactive ketones (excluding diaryl/α,β-unsaturated/α-hetero) is 1. The molecule has 0 unspecified atom stereocenters. The maximum atomic E-state index is 12.7. The van der Waals surface area contributed by atoms with Gasteiger partial charge in [-0.15, -0.1) is 0 Å². The van der Waals surface area contributed by atoms with E-state index in [2.05, 4.69) is 5.32 Å². The monoisotopic (exact) mass is 263 g/mol. The second-order valence-electron chi connectivity index (χ2n) is 5.09. The Morgan fingerprint density at radius 3 is 2.47 bits per heavy atom. The lowest BCUT2D eigenvalue weighted by Crippen LogP contribution is -2.26. The summed E-state index contributed by atoms with van der Waals surface area (Å²) in [4.78, 5) is 22.9. The summed E-state index contributed by atoms with van der Waals surface area (Å²) in [5, 5.41) is 2.83. The lowest BCUT2D eigenvalue weighted by molar-refractivity contribution is -0.125. The zero-order chi connectivity index (χ0) is 13.7. The number of nitrogens with one attached hydrogen (secondary N) is 1. The molecule has 3 nitrogen and oxygen atoms in total. The predicted molar refractivity (Wildman–Crippen MR) is 69.8 cm³/mol. The van der Waals surface area contributed by atoms with Gasteiger partial charge in [-0.1, -0.05) is 12.1 Å². The van der Waals surface area contributed by atoms with E-state index in [0.29, 0.717) is 37.5 Å². The Hall–Kier alpha value is -1.71. The molecule has 0 bridgehead atoms. The van der Waals surface area contributed by atoms with Gasteiger partial charge in [-0.2, -0.15) is 0 Å². The molecule has 1 N–H and O–H groups in total. The Bertz CT molecular complexity index is 446. The first-order valence-electron chi connectivity index (χ1n) is 6.66. The summed E-state index contributed by atoms with van der Waals surface area (Å²) < 4.78 is 12.7. The van der Waals surface area contributed by atoms with Gasteiger partial charge < -0.3 is 5.32 Å². The average Bonchev–Trinajstić information content (AvgIpc) is 2.41. The van der Waals surface area contributed by atoms with E-state index in [4.69, 9.17) is 0 Å². The molecule has 0 aliphatic heterocycles. The first kappa shape index (κ1) is 13.7. The molecule has 0 spiro atoms. The van der Waals surface area contributed by atoms with Gasteiger partial charge in [-0.3, -0.25) is 9.59 Å². The van der Waals surface area contributed by atoms with Gasteiger partial charge in [0.25, 0.3) is 0 Å². The molecule has 1 fully saturated rings. The van der Waals surface area contributed by atoms with Crippen LogP contribution in [0.25, 0.3) is 0 Å². The highest BCUT2D eigenvalue weighted by molar-refractivity contribution is 5.80. The SMILES string of the molecule is O=C1CCC(CC(=O)NCc2ccc(F)cc2)CC1. The first-order chi connectivity index (χ1) is 9.13. The summed E-state index contributed by atoms with van der Waals surface area (Å²) >= 11 is 0. The van der Waals surface area contributed by atoms with Crippen molar-refractivity contribution in [2.45, 2.75) is 38.6 Å². The number of carbonyl (C=O) groups excluding carboxylic acids is 2. The van der Waals surface area contributed by atoms with Crippen LogP contribution < -0.4 is 5.32 Å². The highest BCUT2D eigenvalue weighted by Crippen LogP contribution is 2.24. The lowest BCUT2D eigenvalue weighted by Gasteiger charge is -2.20. The highest BCUT2D eigenvalue weighted by atomic mass is 19.1. The van der Waals surface area contributed by atoms with Crippen molar-refractivity contribution in [3.63, 3.8) is 0 Å². The van der Waals surface area contributed by atoms with E-state index in [1.165, 1.54) is 12.1 Å². The van der Waals surface area contributed by atoms with Crippen molar-refractivity contribution in [3.8, 4) is 0 Å². The van der Waals surface area contributed by atoms with Crippen LogP contribution >= 0.6 is 0 Å². The fraction of sp³-hybridized carbons (Fsp3) is 0.467. The maximum absolute atomic E-state index is 12.7. The molecule has 0 saturated heterocycles. The Morgan fingerprint density at radius 1 is 1.21 bits per heavy atom. The molecule has 19 heavy (non-hydrogen) atoms. The molecule has 1 aliphatic carbocycles. The topological polar surface area (TPSA) is 46.2 Å². The minimum Gasteiger partial charge on any atom is -0.352 e. The average molecular weight is 263 g/mol. The normalized spacial score (nSPS) is 16.4. The van der Waals surface area contributed by atoms with E-state index < -0.39 is 0 Å². The van der Waals surface area contributed by atoms with Crippen LogP contribution in [0.15, 0.2) is 24.3 Å². The van der Waals surface area contributed by atoms with Crippen molar-refractivity contribution in [1.29, 1.82) is 0 Å². The van der Waals surface area contributed by atoms with Gasteiger partial charge in [-0.25, -0.2) is 4.39 Å². The third-order valence-corrected chi connectivity index (χ3v) is 3.54. The minimum atomic E-state index is -0.276. The molecule has 0 aromatic heterocycles. The summed E-state index contributed by atoms with van der Waals surface area (Å²) in [7, 11) is 0. The van der Waals surface area contributed by atoms with Crippen LogP contribution in [0.1, 0.15) is 37.7 Å². The number of ketones is 1. The lowest BCUT2D eigenvalue weighted by atomic mass is 9.86. The van der Waals surface area contributed by atoms with E-state index in [9.17, 15) is 14.0 Å². The highest BCUT2D eigenvalue weighted by Gasteiger charge is 2.20. The van der Waals surface area contributed by atoms with Crippen LogP contribution in [0.4, 0.5) is 4.39 Å². The summed E-state index contributed by atoms with van der Waals surface area (Å²) in [5.74, 6) is 0.361. The molecule has 0 atom stereocenters. The minimum absolute atomic E-state index is 0.00340. The van der Waals surface area contributed by atoms with Gasteiger partial charge in [0.05, 0.1) is 0 Å². The van der Waals surface area contributed by atoms with Crippen LogP contribution in [-0.2, 0) is 16.1 Å². The molecule has 2 rings (SSSR count). The van der Waals surface area contributed by atoms with Crippen LogP contribution in [-0.4, -0.2) is 11.7 Å². The number of hydrogen-bond donors (Lipinski definition) is 1. The number of carbonyl (C=O) groups is 2. The molecule has 1 aromatic carbocycles. The maximum Gasteiger partial charge on any atom is 0.220 e. The summed E-state index contributed by atoms with van der Waals surface area (Å²) in [6.45, 7) is 0.421. The van der Waals surface area contributed by atoms with Gasteiger partial charge in [0, 0.05) is 25.8 Å². The Labute approximate surface area is 112 Å². The Morgan fingerprint density at radius 2 is 1.84 bits per heavy atom. The molecule has 0 heterocycles. The van der Waals surface area contributed by atoms with Gasteiger partial charge >= 0.3 is 0 Å². The number of rotatable bonds is 4. The van der Waals surface area contributed by atoms with Crippen molar-refractivity contribution in [1.82, 2.24) is 5.32 Å². The van der Waals surface area contributed by atoms with Crippen LogP contribution in [0.3, 0.4) is 0 Å². The zero-order valence-corrected chi connectivity index (χ0v) is 10.8. The van der Waals surface area contributed by atoms with E-state index >= 15 is 0 Å². The summed E-state index contributed by atoms with van der Waals surface area (Å²) in [5.41, 5.74) is 0.883. The van der Waals surface area contributed by atoms with Crippen LogP contribution in [0, 0.1) is 11.7 Å². The number of benzene rings is 1. The molecule has 1 amide bonds. The summed E-state index contributed by atoms with van der Waals surface area (Å²) in [6.07, 6.45) is 3.34. The van der Waals surface area contributed by atoms with Crippen molar-refractivity contribution in [3.05, 3.63) is 35.6 Å². The van der Waals surface area contributed by atoms with E-state index in [1.807, 2.05) is 0 Å². The third-order valence-electron chi connectivity index (χ3n) is 3.54. The predicted octanol–water partition coefficient (Wildman–Crippen LogP) is 2.59. The largest absolute Gasteiger partial charge is 0.352 e. The fourth-order valence-corrected chi connectivity index (χ4v) is 2.34. The molecule has 0 radical (unpaired) electrons. The van der Waals surface area contributed by atoms with Crippen molar-refractivity contribution < 1.29 is 14.0 Å². The van der Waals surface area contributed by atoms with Crippen LogP contribution in [0.5, 0.6) is 0 Å². The number of halogens is 1. The zero-order valence-electron chi connectivity index (χ0n) is 10.8. The van der Waals surface area contributed by atoms with E-state index in [0.717, 1.165) is 18.4 Å². The first-order valence-corrected chi connectivity index (χ1v) is 6.66. The number of amides is 1. The molecule has 4 heteroatoms. The Kier molecular flexibility index (Phi) is 4.66. The van der Waals surface area contributed by atoms with E-state index in [-0.39, 0.29) is 11.7 Å². The van der Waals surface area contributed by atoms with Gasteiger partial charge in [0.1, 0.15) is 11.6 Å². The van der Waals surface area contributed by atoms with Crippen molar-refractivity contribution in [2.75, 3.05) is 0 Å². The second kappa shape index (κ2) is 6.45. The molecule has 1 saturated carbocycles. The number of hydrogen-bond acceptors (Lipinski definition) is 2. The van der Waals surface area contributed by atoms with Crippen LogP contribution in [0.2, 0.25) is 0 Å². The molecule has 1 aliphatic rings. The fourth-order valence-electron chi connectivity index (χ4n) is 2.34. The van der Waals surface area contributed by atoms with Crippen molar-refractivity contribution >= 4 is 11.7 Å². The standard InChI is InChI=1S/C15H18FNO2/c16-13-5-1-12(2-6-13)10-17-15(19)9-11-3-7-14(18)8-4-11/h1-2,5-6,11H,3-4,7-10H2,(H,17,19). The molecule has 1 aromatic rings. The molecular weight excluding hydrogens is 245 g/mol. The summed E-state index contributed by atoms with van der Waals surface area (Å²) in [6, 6.07) is 6.09. The molecule has 102 valence electrons. The van der Waals surface area contributed by atoms with Gasteiger partial charge in [-0.05, 0) is 36.5 Å². The Balaban J connectivity index is 1.72. The molecular formula is C15H18FNO2. The smallest absolute Gasteiger partial charge is 0.220 e. The van der Waals surface area contributed by atoms with E-state index in [1.54, 1.807) is 12.1 Å². The van der Waals surface area contributed by atoms with Gasteiger partial charge in [0.15, 0.2) is 0 Å². The van der Waals surface area contributed by atoms with Crippen molar-refractivity contribution in [2.24, 2.45) is 5.92 Å². The third kappa shape index (κ3) is 4.47. The quantitative estimate of drug-likeness (QED) is 0.907. The second-order valence-corrected chi connectivity index (χ2v) is 5.09.